The van der Waals surface area contributed by atoms with Gasteiger partial charge in [-0.05, 0) is 66.0 Å². The maximum atomic E-state index is 4.31. The number of aryl methyl sites for hydroxylation is 1. The monoisotopic (exact) mass is 240 g/mol. The molecule has 0 fully saturated rings. The van der Waals surface area contributed by atoms with E-state index in [-0.39, 0.29) is 0 Å². The van der Waals surface area contributed by atoms with Crippen LogP contribution in [0.2, 0.25) is 0 Å². The lowest BCUT2D eigenvalue weighted by molar-refractivity contribution is 0.744. The highest BCUT2D eigenvalue weighted by Crippen LogP contribution is 2.28. The second-order valence-corrected chi connectivity index (χ2v) is 5.42. The third-order valence-electron chi connectivity index (χ3n) is 4.05. The molecule has 0 heteroatoms. The molecule has 2 rings (SSSR count). The zero-order valence-corrected chi connectivity index (χ0v) is 11.5. The highest BCUT2D eigenvalue weighted by Gasteiger charge is 2.18. The third-order valence-corrected chi connectivity index (χ3v) is 4.05. The molecule has 0 nitrogen and oxygen atoms in total. The molecule has 1 unspecified atom stereocenters. The van der Waals surface area contributed by atoms with Gasteiger partial charge in [-0.1, -0.05) is 37.8 Å². The normalized spacial score (nSPS) is 18.9. The van der Waals surface area contributed by atoms with Gasteiger partial charge in [0.15, 0.2) is 0 Å². The van der Waals surface area contributed by atoms with Gasteiger partial charge in [-0.2, -0.15) is 0 Å². The van der Waals surface area contributed by atoms with Crippen LogP contribution in [0.1, 0.15) is 56.1 Å². The Balaban J connectivity index is 2.15. The molecule has 0 radical (unpaired) electrons. The Morgan fingerprint density at radius 2 is 2.06 bits per heavy atom. The molecule has 1 aliphatic rings. The first-order chi connectivity index (χ1) is 8.74. The Hall–Kier alpha value is -1.30. The first-order valence-corrected chi connectivity index (χ1v) is 7.16. The summed E-state index contributed by atoms with van der Waals surface area (Å²) in [4.78, 5) is 0. The van der Waals surface area contributed by atoms with Crippen LogP contribution in [0.5, 0.6) is 0 Å². The number of fused-ring (bicyclic) bond motifs is 1. The van der Waals surface area contributed by atoms with E-state index >= 15 is 0 Å². The summed E-state index contributed by atoms with van der Waals surface area (Å²) in [5.74, 6) is 0.696. The van der Waals surface area contributed by atoms with Gasteiger partial charge in [0.05, 0.1) is 0 Å². The van der Waals surface area contributed by atoms with Gasteiger partial charge in [0, 0.05) is 0 Å². The van der Waals surface area contributed by atoms with Crippen molar-refractivity contribution in [3.63, 3.8) is 0 Å². The molecule has 0 amide bonds. The van der Waals surface area contributed by atoms with E-state index in [1.54, 1.807) is 0 Å². The van der Waals surface area contributed by atoms with Crippen molar-refractivity contribution in [2.75, 3.05) is 0 Å². The Morgan fingerprint density at radius 3 is 2.83 bits per heavy atom. The summed E-state index contributed by atoms with van der Waals surface area (Å²) in [5, 5.41) is 2.63. The van der Waals surface area contributed by atoms with Crippen LogP contribution < -0.4 is 10.4 Å². The summed E-state index contributed by atoms with van der Waals surface area (Å²) in [6.07, 6.45) is 11.7. The van der Waals surface area contributed by atoms with Crippen molar-refractivity contribution in [1.29, 1.82) is 0 Å². The number of hydrogen-bond donors (Lipinski definition) is 0. The molecule has 1 atom stereocenters. The Kier molecular flexibility index (Phi) is 4.41. The number of benzene rings is 1. The topological polar surface area (TPSA) is 0 Å². The fraction of sp³-hybridized carbons (Fsp3) is 0.444. The summed E-state index contributed by atoms with van der Waals surface area (Å²) in [7, 11) is 0. The maximum absolute atomic E-state index is 4.31. The van der Waals surface area contributed by atoms with Crippen LogP contribution in [0.25, 0.3) is 12.7 Å². The third kappa shape index (κ3) is 2.75. The molecule has 0 bridgehead atoms. The zero-order chi connectivity index (χ0) is 13.0. The molecule has 1 aliphatic carbocycles. The van der Waals surface area contributed by atoms with E-state index in [1.807, 2.05) is 6.08 Å². The fourth-order valence-electron chi connectivity index (χ4n) is 2.96. The number of unbranched alkanes of at least 4 members (excludes halogenated alkanes) is 3. The quantitative estimate of drug-likeness (QED) is 0.544. The van der Waals surface area contributed by atoms with E-state index < -0.39 is 0 Å². The van der Waals surface area contributed by atoms with Gasteiger partial charge in [0.1, 0.15) is 0 Å². The van der Waals surface area contributed by atoms with Gasteiger partial charge in [-0.15, -0.1) is 6.58 Å². The van der Waals surface area contributed by atoms with Gasteiger partial charge >= 0.3 is 0 Å². The van der Waals surface area contributed by atoms with Gasteiger partial charge in [-0.3, -0.25) is 0 Å². The molecule has 0 spiro atoms. The SMILES string of the molecule is C=CCCCC/C=c1\ccc2c(c1=C)C(C)CC2. The summed E-state index contributed by atoms with van der Waals surface area (Å²) < 4.78 is 0. The standard InChI is InChI=1S/C18H24/c1-4-5-6-7-8-9-16-12-13-17-11-10-14(2)18(17)15(16)3/h4,9,12-14H,1,3,5-8,10-11H2,2H3/b16-9+. The lowest BCUT2D eigenvalue weighted by atomic mass is 9.99. The van der Waals surface area contributed by atoms with Crippen molar-refractivity contribution >= 4 is 12.7 Å². The second-order valence-electron chi connectivity index (χ2n) is 5.42. The molecule has 0 saturated heterocycles. The van der Waals surface area contributed by atoms with Gasteiger partial charge < -0.3 is 0 Å². The summed E-state index contributed by atoms with van der Waals surface area (Å²) in [5.41, 5.74) is 3.05. The lowest BCUT2D eigenvalue weighted by Gasteiger charge is -2.05. The molecule has 1 aromatic carbocycles. The number of allylic oxidation sites excluding steroid dienone is 1. The summed E-state index contributed by atoms with van der Waals surface area (Å²) in [6, 6.07) is 4.57. The average Bonchev–Trinajstić information content (AvgIpc) is 2.74. The molecule has 0 aromatic heterocycles. The van der Waals surface area contributed by atoms with Gasteiger partial charge in [0.25, 0.3) is 0 Å². The first-order valence-electron chi connectivity index (χ1n) is 7.16. The molecule has 0 aliphatic heterocycles. The Labute approximate surface area is 111 Å². The van der Waals surface area contributed by atoms with E-state index in [4.69, 9.17) is 0 Å². The van der Waals surface area contributed by atoms with E-state index in [1.165, 1.54) is 47.2 Å². The van der Waals surface area contributed by atoms with E-state index in [9.17, 15) is 0 Å². The van der Waals surface area contributed by atoms with Crippen LogP contribution in [0.4, 0.5) is 0 Å². The predicted molar refractivity (Wildman–Crippen MR) is 81.1 cm³/mol. The Bertz CT molecular complexity index is 522. The largest absolute Gasteiger partial charge is 0.103 e. The zero-order valence-electron chi connectivity index (χ0n) is 11.5. The van der Waals surface area contributed by atoms with Gasteiger partial charge in [-0.25, -0.2) is 0 Å². The van der Waals surface area contributed by atoms with Crippen LogP contribution in [0, 0.1) is 0 Å². The molecular formula is C18H24. The van der Waals surface area contributed by atoms with Crippen molar-refractivity contribution in [1.82, 2.24) is 0 Å². The van der Waals surface area contributed by atoms with E-state index in [2.05, 4.69) is 38.3 Å². The average molecular weight is 240 g/mol. The molecule has 0 N–H and O–H groups in total. The molecule has 18 heavy (non-hydrogen) atoms. The molecule has 0 heterocycles. The van der Waals surface area contributed by atoms with Crippen molar-refractivity contribution in [3.05, 3.63) is 46.4 Å². The minimum Gasteiger partial charge on any atom is -0.103 e. The lowest BCUT2D eigenvalue weighted by Crippen LogP contribution is -2.27. The minimum atomic E-state index is 0.696. The maximum Gasteiger partial charge on any atom is -0.0179 e. The fourth-order valence-corrected chi connectivity index (χ4v) is 2.96. The van der Waals surface area contributed by atoms with Gasteiger partial charge in [0.2, 0.25) is 0 Å². The number of hydrogen-bond acceptors (Lipinski definition) is 0. The van der Waals surface area contributed by atoms with Crippen LogP contribution in [0.3, 0.4) is 0 Å². The van der Waals surface area contributed by atoms with Crippen molar-refractivity contribution in [2.24, 2.45) is 0 Å². The minimum absolute atomic E-state index is 0.696. The highest BCUT2D eigenvalue weighted by atomic mass is 14.2. The number of rotatable bonds is 5. The van der Waals surface area contributed by atoms with Crippen LogP contribution >= 0.6 is 0 Å². The van der Waals surface area contributed by atoms with E-state index in [0.29, 0.717) is 5.92 Å². The van der Waals surface area contributed by atoms with Crippen LogP contribution in [0.15, 0.2) is 24.8 Å². The van der Waals surface area contributed by atoms with Crippen LogP contribution in [-0.2, 0) is 6.42 Å². The summed E-state index contributed by atoms with van der Waals surface area (Å²) >= 11 is 0. The molecular weight excluding hydrogens is 216 g/mol. The predicted octanol–water partition coefficient (Wildman–Crippen LogP) is 3.67. The molecule has 96 valence electrons. The van der Waals surface area contributed by atoms with Crippen molar-refractivity contribution in [3.8, 4) is 0 Å². The Morgan fingerprint density at radius 1 is 1.28 bits per heavy atom. The second kappa shape index (κ2) is 6.04. The smallest absolute Gasteiger partial charge is 0.0179 e. The molecule has 0 saturated carbocycles. The van der Waals surface area contributed by atoms with Crippen molar-refractivity contribution in [2.45, 2.75) is 51.4 Å². The summed E-state index contributed by atoms with van der Waals surface area (Å²) in [6.45, 7) is 10.4. The molecule has 1 aromatic rings. The van der Waals surface area contributed by atoms with Crippen molar-refractivity contribution < 1.29 is 0 Å². The first kappa shape index (κ1) is 13.1. The van der Waals surface area contributed by atoms with Crippen LogP contribution in [-0.4, -0.2) is 0 Å². The van der Waals surface area contributed by atoms with E-state index in [0.717, 1.165) is 12.8 Å². The highest BCUT2D eigenvalue weighted by molar-refractivity contribution is 5.40.